The third-order valence-corrected chi connectivity index (χ3v) is 11.4. The quantitative estimate of drug-likeness (QED) is 0.153. The molecule has 0 bridgehead atoms. The second-order valence-corrected chi connectivity index (χ2v) is 12.9. The summed E-state index contributed by atoms with van der Waals surface area (Å²) in [7, 11) is -0.126. The average Bonchev–Trinajstić information content (AvgIpc) is 2.93. The number of methoxy groups -OCH3 is 1. The zero-order chi connectivity index (χ0) is 25.5. The van der Waals surface area contributed by atoms with Gasteiger partial charge in [0.15, 0.2) is 0 Å². The molecule has 0 amide bonds. The molecule has 4 aromatic rings. The third kappa shape index (κ3) is 6.15. The lowest BCUT2D eigenvalue weighted by atomic mass is 9.96. The molecule has 3 heteroatoms. The lowest BCUT2D eigenvalue weighted by Crippen LogP contribution is -2.33. The molecule has 37 heavy (non-hydrogen) atoms. The summed E-state index contributed by atoms with van der Waals surface area (Å²) in [5, 5.41) is 4.23. The average molecular weight is 573 g/mol. The number of aryl methyl sites for hydroxylation is 1. The largest absolute Gasteiger partial charge is 0.496 e. The van der Waals surface area contributed by atoms with Gasteiger partial charge in [0.2, 0.25) is 0 Å². The standard InChI is InChI=1S/C34H36OP.BrH/c1-26(21-22-33-27(2)25-34(35-5)29(4)28(33)3)23-24-36(30-15-9-6-10-16-30,31-17-11-7-12-18-31)32-19-13-8-14-20-32;/h6-23,25H,24H2,1-5H3;1H/q+1;/b22-21+,26-23+;. The Morgan fingerprint density at radius 2 is 1.19 bits per heavy atom. The molecule has 190 valence electrons. The van der Waals surface area contributed by atoms with E-state index in [4.69, 9.17) is 4.74 Å². The van der Waals surface area contributed by atoms with Gasteiger partial charge in [-0.3, -0.25) is 0 Å². The van der Waals surface area contributed by atoms with Gasteiger partial charge < -0.3 is 4.74 Å². The third-order valence-electron chi connectivity index (χ3n) is 7.12. The summed E-state index contributed by atoms with van der Waals surface area (Å²) in [6.07, 6.45) is 7.92. The van der Waals surface area contributed by atoms with Gasteiger partial charge in [-0.15, -0.1) is 17.0 Å². The predicted octanol–water partition coefficient (Wildman–Crippen LogP) is 8.15. The van der Waals surface area contributed by atoms with Crippen LogP contribution in [0.5, 0.6) is 5.75 Å². The summed E-state index contributed by atoms with van der Waals surface area (Å²) < 4.78 is 5.56. The molecule has 4 rings (SSSR count). The number of halogens is 1. The van der Waals surface area contributed by atoms with E-state index in [1.165, 1.54) is 43.7 Å². The van der Waals surface area contributed by atoms with Crippen LogP contribution in [0.2, 0.25) is 0 Å². The van der Waals surface area contributed by atoms with Crippen molar-refractivity contribution in [2.75, 3.05) is 13.3 Å². The predicted molar refractivity (Wildman–Crippen MR) is 170 cm³/mol. The molecule has 0 aliphatic rings. The molecule has 0 fully saturated rings. The first-order valence-electron chi connectivity index (χ1n) is 12.5. The summed E-state index contributed by atoms with van der Waals surface area (Å²) in [6.45, 7) is 8.68. The fourth-order valence-electron chi connectivity index (χ4n) is 4.91. The van der Waals surface area contributed by atoms with Crippen LogP contribution in [-0.2, 0) is 0 Å². The summed E-state index contributed by atoms with van der Waals surface area (Å²) in [5.41, 5.74) is 6.26. The lowest BCUT2D eigenvalue weighted by molar-refractivity contribution is 0.411. The van der Waals surface area contributed by atoms with Crippen LogP contribution in [-0.4, -0.2) is 13.3 Å². The van der Waals surface area contributed by atoms with Crippen LogP contribution < -0.4 is 20.7 Å². The molecule has 1 nitrogen and oxygen atoms in total. The Balaban J connectivity index is 0.00000380. The summed E-state index contributed by atoms with van der Waals surface area (Å²) in [4.78, 5) is 0. The fourth-order valence-corrected chi connectivity index (χ4v) is 9.04. The lowest BCUT2D eigenvalue weighted by Gasteiger charge is -2.26. The molecular formula is C34H37BrOP+. The summed E-state index contributed by atoms with van der Waals surface area (Å²) in [5.74, 6) is 0.956. The van der Waals surface area contributed by atoms with Crippen molar-refractivity contribution in [3.05, 3.63) is 137 Å². The zero-order valence-electron chi connectivity index (χ0n) is 22.4. The van der Waals surface area contributed by atoms with Crippen LogP contribution in [0.3, 0.4) is 0 Å². The van der Waals surface area contributed by atoms with Crippen LogP contribution in [0.25, 0.3) is 6.08 Å². The molecule has 0 heterocycles. The van der Waals surface area contributed by atoms with Crippen molar-refractivity contribution in [1.29, 1.82) is 0 Å². The van der Waals surface area contributed by atoms with Gasteiger partial charge in [0.1, 0.15) is 28.9 Å². The normalized spacial score (nSPS) is 11.9. The first-order valence-corrected chi connectivity index (χ1v) is 14.5. The number of hydrogen-bond donors (Lipinski definition) is 0. The Labute approximate surface area is 234 Å². The van der Waals surface area contributed by atoms with Gasteiger partial charge in [0, 0.05) is 0 Å². The summed E-state index contributed by atoms with van der Waals surface area (Å²) in [6, 6.07) is 35.3. The topological polar surface area (TPSA) is 9.23 Å². The molecule has 0 aliphatic heterocycles. The highest BCUT2D eigenvalue weighted by atomic mass is 79.9. The highest BCUT2D eigenvalue weighted by Gasteiger charge is 2.44. The second-order valence-electron chi connectivity index (χ2n) is 9.34. The maximum atomic E-state index is 5.56. The monoisotopic (exact) mass is 571 g/mol. The van der Waals surface area contributed by atoms with E-state index in [2.05, 4.69) is 143 Å². The maximum absolute atomic E-state index is 5.56. The molecule has 0 aliphatic carbocycles. The second kappa shape index (κ2) is 13.0. The van der Waals surface area contributed by atoms with Gasteiger partial charge >= 0.3 is 0 Å². The molecule has 0 aromatic heterocycles. The van der Waals surface area contributed by atoms with Gasteiger partial charge in [-0.05, 0) is 98.5 Å². The Hall–Kier alpha value is -2.93. The van der Waals surface area contributed by atoms with Gasteiger partial charge in [-0.25, -0.2) is 0 Å². The highest BCUT2D eigenvalue weighted by molar-refractivity contribution is 8.93. The molecule has 0 saturated heterocycles. The summed E-state index contributed by atoms with van der Waals surface area (Å²) >= 11 is 0. The molecule has 0 N–H and O–H groups in total. The number of ether oxygens (including phenoxy) is 1. The highest BCUT2D eigenvalue weighted by Crippen LogP contribution is 2.55. The van der Waals surface area contributed by atoms with Crippen LogP contribution in [0, 0.1) is 20.8 Å². The van der Waals surface area contributed by atoms with Crippen molar-refractivity contribution in [1.82, 2.24) is 0 Å². The first-order chi connectivity index (χ1) is 17.5. The molecule has 0 atom stereocenters. The first kappa shape index (κ1) is 28.6. The van der Waals surface area contributed by atoms with E-state index in [0.29, 0.717) is 0 Å². The van der Waals surface area contributed by atoms with E-state index in [0.717, 1.165) is 11.9 Å². The van der Waals surface area contributed by atoms with E-state index in [1.54, 1.807) is 7.11 Å². The van der Waals surface area contributed by atoms with E-state index < -0.39 is 7.26 Å². The van der Waals surface area contributed by atoms with Gasteiger partial charge in [0.25, 0.3) is 0 Å². The minimum absolute atomic E-state index is 0. The van der Waals surface area contributed by atoms with Crippen molar-refractivity contribution < 1.29 is 4.74 Å². The van der Waals surface area contributed by atoms with Crippen LogP contribution in [0.1, 0.15) is 29.2 Å². The van der Waals surface area contributed by atoms with Gasteiger partial charge in [0.05, 0.1) is 13.3 Å². The van der Waals surface area contributed by atoms with Crippen LogP contribution in [0.15, 0.2) is 115 Å². The fraction of sp³-hybridized carbons (Fsp3) is 0.176. The molecule has 0 spiro atoms. The van der Waals surface area contributed by atoms with E-state index >= 15 is 0 Å². The SMILES string of the molecule is Br.COc1cc(C)c(/C=C/C(C)=C/C[P+](c2ccccc2)(c2ccccc2)c2ccccc2)c(C)c1C. The number of rotatable bonds is 8. The minimum Gasteiger partial charge on any atom is -0.496 e. The maximum Gasteiger partial charge on any atom is 0.122 e. The molecule has 0 radical (unpaired) electrons. The molecular weight excluding hydrogens is 535 g/mol. The van der Waals surface area contributed by atoms with Crippen molar-refractivity contribution in [2.24, 2.45) is 0 Å². The Morgan fingerprint density at radius 1 is 0.730 bits per heavy atom. The van der Waals surface area contributed by atoms with Crippen LogP contribution in [0.4, 0.5) is 0 Å². The van der Waals surface area contributed by atoms with Crippen molar-refractivity contribution in [3.63, 3.8) is 0 Å². The molecule has 4 aromatic carbocycles. The zero-order valence-corrected chi connectivity index (χ0v) is 25.0. The number of hydrogen-bond acceptors (Lipinski definition) is 1. The number of allylic oxidation sites excluding steroid dienone is 3. The van der Waals surface area contributed by atoms with Crippen molar-refractivity contribution in [2.45, 2.75) is 27.7 Å². The van der Waals surface area contributed by atoms with E-state index in [1.807, 2.05) is 0 Å². The number of benzene rings is 4. The smallest absolute Gasteiger partial charge is 0.122 e. The Morgan fingerprint density at radius 3 is 1.62 bits per heavy atom. The van der Waals surface area contributed by atoms with Crippen molar-refractivity contribution >= 4 is 46.2 Å². The van der Waals surface area contributed by atoms with E-state index in [-0.39, 0.29) is 17.0 Å². The molecule has 0 unspecified atom stereocenters. The Kier molecular flexibility index (Phi) is 10.1. The van der Waals surface area contributed by atoms with E-state index in [9.17, 15) is 0 Å². The van der Waals surface area contributed by atoms with Gasteiger partial charge in [-0.1, -0.05) is 72.3 Å². The minimum atomic E-state index is -1.87. The van der Waals surface area contributed by atoms with Crippen LogP contribution >= 0.6 is 24.2 Å². The molecule has 0 saturated carbocycles. The Bertz CT molecular complexity index is 1260. The van der Waals surface area contributed by atoms with Crippen molar-refractivity contribution in [3.8, 4) is 5.75 Å². The van der Waals surface area contributed by atoms with Gasteiger partial charge in [-0.2, -0.15) is 0 Å².